The largest absolute Gasteiger partial charge is 0.416 e. The Hall–Kier alpha value is -3.54. The second-order valence-electron chi connectivity index (χ2n) is 7.91. The van der Waals surface area contributed by atoms with Gasteiger partial charge in [0.15, 0.2) is 5.78 Å². The Morgan fingerprint density at radius 3 is 2.62 bits per heavy atom. The van der Waals surface area contributed by atoms with Gasteiger partial charge in [-0.3, -0.25) is 14.6 Å². The van der Waals surface area contributed by atoms with Crippen LogP contribution in [-0.4, -0.2) is 44.9 Å². The minimum Gasteiger partial charge on any atom is -0.325 e. The van der Waals surface area contributed by atoms with E-state index in [1.165, 1.54) is 29.2 Å². The van der Waals surface area contributed by atoms with Crippen LogP contribution in [0.2, 0.25) is 0 Å². The lowest BCUT2D eigenvalue weighted by atomic mass is 9.91. The minimum atomic E-state index is -4.60. The molecule has 0 spiro atoms. The Labute approximate surface area is 197 Å². The summed E-state index contributed by atoms with van der Waals surface area (Å²) in [5.74, 6) is -0.287. The number of allylic oxidation sites excluding steroid dienone is 3. The van der Waals surface area contributed by atoms with Gasteiger partial charge in [0.25, 0.3) is 0 Å². The Morgan fingerprint density at radius 2 is 1.97 bits per heavy atom. The molecule has 3 aliphatic rings. The van der Waals surface area contributed by atoms with Crippen LogP contribution in [0, 0.1) is 22.7 Å². The third kappa shape index (κ3) is 3.98. The average Bonchev–Trinajstić information content (AvgIpc) is 3.19. The van der Waals surface area contributed by atoms with E-state index in [1.807, 2.05) is 12.1 Å². The van der Waals surface area contributed by atoms with Gasteiger partial charge in [0, 0.05) is 34.6 Å². The van der Waals surface area contributed by atoms with Crippen molar-refractivity contribution in [2.24, 2.45) is 0 Å². The van der Waals surface area contributed by atoms with Crippen molar-refractivity contribution < 1.29 is 27.3 Å². The van der Waals surface area contributed by atoms with E-state index < -0.39 is 36.4 Å². The molecule has 0 aromatic heterocycles. The molecule has 0 bridgehead atoms. The van der Waals surface area contributed by atoms with Crippen molar-refractivity contribution in [3.8, 4) is 12.1 Å². The number of rotatable bonds is 4. The van der Waals surface area contributed by atoms with Gasteiger partial charge in [-0.05, 0) is 36.6 Å². The van der Waals surface area contributed by atoms with Crippen molar-refractivity contribution in [1.82, 2.24) is 9.80 Å². The topological polar surface area (TPSA) is 108 Å². The van der Waals surface area contributed by atoms with Crippen molar-refractivity contribution in [1.29, 1.82) is 10.5 Å². The maximum absolute atomic E-state index is 13.6. The summed E-state index contributed by atoms with van der Waals surface area (Å²) in [6.07, 6.45) is -0.979. The van der Waals surface area contributed by atoms with Crippen LogP contribution in [0.25, 0.3) is 0 Å². The van der Waals surface area contributed by atoms with Gasteiger partial charge < -0.3 is 4.55 Å². The van der Waals surface area contributed by atoms with Gasteiger partial charge in [-0.2, -0.15) is 23.7 Å². The molecule has 0 saturated heterocycles. The number of hydrogen-bond acceptors (Lipinski definition) is 6. The Morgan fingerprint density at radius 1 is 1.21 bits per heavy atom. The lowest BCUT2D eigenvalue weighted by molar-refractivity contribution is -0.115. The fourth-order valence-electron chi connectivity index (χ4n) is 4.59. The lowest BCUT2D eigenvalue weighted by Crippen LogP contribution is -2.53. The molecular weight excluding hydrogens is 469 g/mol. The van der Waals surface area contributed by atoms with Crippen molar-refractivity contribution in [2.45, 2.75) is 42.4 Å². The molecule has 0 fully saturated rings. The third-order valence-electron chi connectivity index (χ3n) is 6.01. The fraction of sp³-hybridized carbons (Fsp3) is 0.304. The molecule has 0 radical (unpaired) electrons. The number of benzene rings is 1. The summed E-state index contributed by atoms with van der Waals surface area (Å²) in [5, 5.41) is 18.6. The van der Waals surface area contributed by atoms with Gasteiger partial charge >= 0.3 is 12.2 Å². The number of carbonyl (C=O) groups excluding carboxylic acids is 2. The predicted molar refractivity (Wildman–Crippen MR) is 115 cm³/mol. The molecule has 1 N–H and O–H groups in total. The number of nitrogens with zero attached hydrogens (tertiary/aromatic N) is 4. The molecule has 4 rings (SSSR count). The van der Waals surface area contributed by atoms with E-state index in [4.69, 9.17) is 0 Å². The standard InChI is InChI=1S/C23H17F3N4O3S/c24-23(25,26)14-2-1-3-15(11-14)30-17-6-7-18(31)20(17)21(29(9-8-27)22(30)32)16-5-4-13(12-28)10-19(16)34-33/h1-2,4-5,10-11,15,21,33H,3,6-7,9H2/t15?,21-/m1/s1. The number of ketones is 1. The highest BCUT2D eigenvalue weighted by Crippen LogP contribution is 2.47. The molecule has 2 aliphatic carbocycles. The van der Waals surface area contributed by atoms with Crippen LogP contribution in [0.4, 0.5) is 18.0 Å². The molecule has 34 heavy (non-hydrogen) atoms. The van der Waals surface area contributed by atoms with E-state index in [1.54, 1.807) is 0 Å². The molecule has 1 heterocycles. The molecule has 7 nitrogen and oxygen atoms in total. The maximum Gasteiger partial charge on any atom is 0.416 e. The van der Waals surface area contributed by atoms with Crippen LogP contribution in [0.3, 0.4) is 0 Å². The van der Waals surface area contributed by atoms with Crippen LogP contribution < -0.4 is 0 Å². The molecule has 2 amide bonds. The van der Waals surface area contributed by atoms with E-state index in [0.29, 0.717) is 23.3 Å². The summed E-state index contributed by atoms with van der Waals surface area (Å²) >= 11 is 0.344. The smallest absolute Gasteiger partial charge is 0.325 e. The predicted octanol–water partition coefficient (Wildman–Crippen LogP) is 4.86. The van der Waals surface area contributed by atoms with Gasteiger partial charge in [0.1, 0.15) is 6.54 Å². The highest BCUT2D eigenvalue weighted by Gasteiger charge is 2.48. The second kappa shape index (κ2) is 9.01. The summed E-state index contributed by atoms with van der Waals surface area (Å²) in [5.41, 5.74) is 0.258. The fourth-order valence-corrected chi connectivity index (χ4v) is 5.05. The molecule has 11 heteroatoms. The van der Waals surface area contributed by atoms with Crippen LogP contribution in [0.15, 0.2) is 58.2 Å². The highest BCUT2D eigenvalue weighted by atomic mass is 32.2. The number of nitriles is 2. The first-order valence-corrected chi connectivity index (χ1v) is 11.0. The van der Waals surface area contributed by atoms with Crippen LogP contribution in [0.5, 0.6) is 0 Å². The Kier molecular flexibility index (Phi) is 6.26. The zero-order valence-electron chi connectivity index (χ0n) is 17.5. The molecule has 1 aromatic rings. The first-order valence-electron chi connectivity index (χ1n) is 10.2. The number of hydrogen-bond donors (Lipinski definition) is 1. The molecule has 1 aliphatic heterocycles. The number of alkyl halides is 3. The van der Waals surface area contributed by atoms with E-state index in [9.17, 15) is 37.8 Å². The van der Waals surface area contributed by atoms with Crippen LogP contribution in [0.1, 0.15) is 36.4 Å². The zero-order chi connectivity index (χ0) is 24.6. The number of carbonyl (C=O) groups is 2. The second-order valence-corrected chi connectivity index (χ2v) is 8.53. The van der Waals surface area contributed by atoms with E-state index in [2.05, 4.69) is 0 Å². The highest BCUT2D eigenvalue weighted by molar-refractivity contribution is 7.93. The van der Waals surface area contributed by atoms with Gasteiger partial charge in [-0.1, -0.05) is 18.2 Å². The van der Waals surface area contributed by atoms with Gasteiger partial charge in [-0.15, -0.1) is 0 Å². The number of halogens is 3. The molecule has 2 atom stereocenters. The van der Waals surface area contributed by atoms with Gasteiger partial charge in [0.2, 0.25) is 0 Å². The first kappa shape index (κ1) is 23.6. The third-order valence-corrected chi connectivity index (χ3v) is 6.56. The summed E-state index contributed by atoms with van der Waals surface area (Å²) in [7, 11) is 0. The van der Waals surface area contributed by atoms with Gasteiger partial charge in [-0.25, -0.2) is 4.79 Å². The van der Waals surface area contributed by atoms with Crippen LogP contribution in [-0.2, 0) is 4.79 Å². The summed E-state index contributed by atoms with van der Waals surface area (Å²) in [4.78, 5) is 29.2. The quantitative estimate of drug-likeness (QED) is 0.481. The molecule has 1 unspecified atom stereocenters. The summed E-state index contributed by atoms with van der Waals surface area (Å²) in [6, 6.07) is 5.55. The number of amides is 2. The molecule has 174 valence electrons. The SMILES string of the molecule is N#CCN1C(=O)N(C2C=C(C(F)(F)F)C=CC2)C2=C(C(=O)CC2)[C@H]1c1ccc(C#N)cc1SO. The van der Waals surface area contributed by atoms with E-state index >= 15 is 0 Å². The molecule has 1 aromatic carbocycles. The Balaban J connectivity index is 1.89. The van der Waals surface area contributed by atoms with Crippen molar-refractivity contribution in [3.63, 3.8) is 0 Å². The average molecular weight is 486 g/mol. The van der Waals surface area contributed by atoms with Crippen molar-refractivity contribution in [3.05, 3.63) is 64.4 Å². The summed E-state index contributed by atoms with van der Waals surface area (Å²) < 4.78 is 49.9. The summed E-state index contributed by atoms with van der Waals surface area (Å²) in [6.45, 7) is -0.433. The van der Waals surface area contributed by atoms with E-state index in [0.717, 1.165) is 17.1 Å². The normalized spacial score (nSPS) is 22.5. The van der Waals surface area contributed by atoms with Crippen LogP contribution >= 0.6 is 12.0 Å². The lowest BCUT2D eigenvalue weighted by Gasteiger charge is -2.44. The van der Waals surface area contributed by atoms with Crippen molar-refractivity contribution >= 4 is 23.9 Å². The van der Waals surface area contributed by atoms with E-state index in [-0.39, 0.29) is 41.1 Å². The maximum atomic E-state index is 13.6. The molecule has 0 saturated carbocycles. The van der Waals surface area contributed by atoms with Gasteiger partial charge in [0.05, 0.1) is 35.4 Å². The first-order chi connectivity index (χ1) is 16.2. The zero-order valence-corrected chi connectivity index (χ0v) is 18.4. The number of Topliss-reactive ketones (excluding diaryl/α,β-unsaturated/α-hetero) is 1. The Bertz CT molecular complexity index is 1240. The molecular formula is C23H17F3N4O3S. The van der Waals surface area contributed by atoms with Crippen molar-refractivity contribution in [2.75, 3.05) is 6.54 Å². The minimum absolute atomic E-state index is 0.0711. The number of urea groups is 1. The monoisotopic (exact) mass is 486 g/mol.